The number of aromatic nitrogens is 1. The summed E-state index contributed by atoms with van der Waals surface area (Å²) in [7, 11) is 0. The Labute approximate surface area is 185 Å². The van der Waals surface area contributed by atoms with Crippen molar-refractivity contribution in [1.82, 2.24) is 9.88 Å². The third-order valence-electron chi connectivity index (χ3n) is 6.62. The number of aromatic amines is 1. The number of nitrogens with one attached hydrogen (secondary N) is 2. The maximum absolute atomic E-state index is 13.2. The van der Waals surface area contributed by atoms with Crippen LogP contribution in [0.4, 0.5) is 5.69 Å². The number of hydrogen-bond donors (Lipinski definition) is 2. The molecule has 2 aliphatic rings. The van der Waals surface area contributed by atoms with Gasteiger partial charge in [-0.15, -0.1) is 0 Å². The predicted molar refractivity (Wildman–Crippen MR) is 121 cm³/mol. The molecular formula is C25H25N3O4. The average Bonchev–Trinajstić information content (AvgIpc) is 3.11. The van der Waals surface area contributed by atoms with E-state index in [4.69, 9.17) is 4.74 Å². The standard InChI is InChI=1S/C25H25N3O4/c1-14-15(2)26-23-18(14)4-3-5-19(23)25(31)28-10-8-16(9-11-28)24(30)17-6-7-21-20(12-17)27-22(29)13-32-21/h3-7,12,16,26H,8-11,13H2,1-2H3,(H,27,29). The first-order chi connectivity index (χ1) is 15.4. The number of anilines is 1. The van der Waals surface area contributed by atoms with Gasteiger partial charge >= 0.3 is 0 Å². The van der Waals surface area contributed by atoms with Crippen molar-refractivity contribution < 1.29 is 19.1 Å². The molecule has 0 atom stereocenters. The lowest BCUT2D eigenvalue weighted by molar-refractivity contribution is -0.118. The molecule has 0 bridgehead atoms. The molecule has 32 heavy (non-hydrogen) atoms. The molecule has 0 unspecified atom stereocenters. The first-order valence-corrected chi connectivity index (χ1v) is 10.9. The van der Waals surface area contributed by atoms with Gasteiger partial charge in [0.05, 0.1) is 16.8 Å². The SMILES string of the molecule is Cc1[nH]c2c(C(=O)N3CCC(C(=O)c4ccc5c(c4)NC(=O)CO5)CC3)cccc2c1C. The monoisotopic (exact) mass is 431 g/mol. The minimum absolute atomic E-state index is 0.00334. The smallest absolute Gasteiger partial charge is 0.262 e. The fourth-order valence-electron chi connectivity index (χ4n) is 4.65. The molecule has 0 aliphatic carbocycles. The van der Waals surface area contributed by atoms with Crippen molar-refractivity contribution >= 4 is 34.2 Å². The Balaban J connectivity index is 1.29. The number of nitrogens with zero attached hydrogens (tertiary/aromatic N) is 1. The highest BCUT2D eigenvalue weighted by Crippen LogP contribution is 2.31. The summed E-state index contributed by atoms with van der Waals surface area (Å²) in [5.74, 6) is 0.235. The number of amides is 2. The molecule has 3 heterocycles. The molecule has 164 valence electrons. The van der Waals surface area contributed by atoms with E-state index in [1.807, 2.05) is 30.0 Å². The molecule has 0 saturated carbocycles. The first kappa shape index (κ1) is 20.3. The number of likely N-dealkylation sites (tertiary alicyclic amines) is 1. The number of para-hydroxylation sites is 1. The maximum Gasteiger partial charge on any atom is 0.262 e. The van der Waals surface area contributed by atoms with E-state index in [2.05, 4.69) is 17.2 Å². The number of ketones is 1. The van der Waals surface area contributed by atoms with Gasteiger partial charge in [0.15, 0.2) is 12.4 Å². The molecule has 5 rings (SSSR count). The number of fused-ring (bicyclic) bond motifs is 2. The number of hydrogen-bond acceptors (Lipinski definition) is 4. The van der Waals surface area contributed by atoms with E-state index >= 15 is 0 Å². The molecule has 1 aromatic heterocycles. The molecular weight excluding hydrogens is 406 g/mol. The minimum Gasteiger partial charge on any atom is -0.482 e. The zero-order valence-electron chi connectivity index (χ0n) is 18.2. The highest BCUT2D eigenvalue weighted by atomic mass is 16.5. The van der Waals surface area contributed by atoms with Crippen LogP contribution in [0, 0.1) is 19.8 Å². The Kier molecular flexibility index (Phi) is 4.96. The van der Waals surface area contributed by atoms with E-state index in [1.54, 1.807) is 18.2 Å². The van der Waals surface area contributed by atoms with Crippen LogP contribution in [0.5, 0.6) is 5.75 Å². The molecule has 2 N–H and O–H groups in total. The summed E-state index contributed by atoms with van der Waals surface area (Å²) < 4.78 is 5.37. The van der Waals surface area contributed by atoms with E-state index in [9.17, 15) is 14.4 Å². The Hall–Kier alpha value is -3.61. The van der Waals surface area contributed by atoms with Gasteiger partial charge in [-0.2, -0.15) is 0 Å². The molecule has 2 amide bonds. The number of benzene rings is 2. The molecule has 3 aromatic rings. The molecule has 0 radical (unpaired) electrons. The lowest BCUT2D eigenvalue weighted by Gasteiger charge is -2.31. The number of rotatable bonds is 3. The molecule has 7 heteroatoms. The highest BCUT2D eigenvalue weighted by molar-refractivity contribution is 6.07. The van der Waals surface area contributed by atoms with Crippen molar-refractivity contribution in [3.05, 3.63) is 58.8 Å². The van der Waals surface area contributed by atoms with Gasteiger partial charge in [0.2, 0.25) is 0 Å². The average molecular weight is 431 g/mol. The van der Waals surface area contributed by atoms with E-state index in [0.717, 1.165) is 22.2 Å². The van der Waals surface area contributed by atoms with Crippen LogP contribution in [0.15, 0.2) is 36.4 Å². The van der Waals surface area contributed by atoms with E-state index in [0.29, 0.717) is 48.5 Å². The summed E-state index contributed by atoms with van der Waals surface area (Å²) in [6, 6.07) is 11.0. The number of carbonyl (C=O) groups is 3. The molecule has 0 spiro atoms. The van der Waals surface area contributed by atoms with E-state index in [1.165, 1.54) is 0 Å². The maximum atomic E-state index is 13.2. The summed E-state index contributed by atoms with van der Waals surface area (Å²) in [6.07, 6.45) is 1.23. The molecule has 2 aliphatic heterocycles. The van der Waals surface area contributed by atoms with Crippen molar-refractivity contribution in [2.45, 2.75) is 26.7 Å². The number of aryl methyl sites for hydroxylation is 2. The molecule has 1 fully saturated rings. The Morgan fingerprint density at radius 2 is 1.88 bits per heavy atom. The van der Waals surface area contributed by atoms with Crippen molar-refractivity contribution in [2.24, 2.45) is 5.92 Å². The Morgan fingerprint density at radius 3 is 2.66 bits per heavy atom. The van der Waals surface area contributed by atoms with Gasteiger partial charge in [0.25, 0.3) is 11.8 Å². The summed E-state index contributed by atoms with van der Waals surface area (Å²) in [5, 5.41) is 3.82. The second-order valence-corrected chi connectivity index (χ2v) is 8.58. The Bertz CT molecular complexity index is 1250. The fourth-order valence-corrected chi connectivity index (χ4v) is 4.65. The number of Topliss-reactive ketones (excluding diaryl/α,β-unsaturated/α-hetero) is 1. The molecule has 7 nitrogen and oxygen atoms in total. The van der Waals surface area contributed by atoms with Crippen LogP contribution in [0.25, 0.3) is 10.9 Å². The summed E-state index contributed by atoms with van der Waals surface area (Å²) in [5.41, 5.74) is 4.87. The van der Waals surface area contributed by atoms with Gasteiger partial charge < -0.3 is 19.9 Å². The van der Waals surface area contributed by atoms with Gasteiger partial charge in [-0.3, -0.25) is 14.4 Å². The first-order valence-electron chi connectivity index (χ1n) is 10.9. The van der Waals surface area contributed by atoms with Crippen molar-refractivity contribution in [3.8, 4) is 5.75 Å². The summed E-state index contributed by atoms with van der Waals surface area (Å²) in [6.45, 7) is 5.13. The van der Waals surface area contributed by atoms with E-state index in [-0.39, 0.29) is 30.1 Å². The fraction of sp³-hybridized carbons (Fsp3) is 0.320. The third kappa shape index (κ3) is 3.43. The largest absolute Gasteiger partial charge is 0.482 e. The zero-order chi connectivity index (χ0) is 22.4. The van der Waals surface area contributed by atoms with Gasteiger partial charge in [-0.25, -0.2) is 0 Å². The lowest BCUT2D eigenvalue weighted by Crippen LogP contribution is -2.40. The van der Waals surface area contributed by atoms with Gasteiger partial charge in [0.1, 0.15) is 5.75 Å². The quantitative estimate of drug-likeness (QED) is 0.616. The number of H-pyrrole nitrogens is 1. The van der Waals surface area contributed by atoms with Crippen LogP contribution in [0.3, 0.4) is 0 Å². The van der Waals surface area contributed by atoms with Crippen LogP contribution in [0.2, 0.25) is 0 Å². The van der Waals surface area contributed by atoms with Crippen LogP contribution < -0.4 is 10.1 Å². The van der Waals surface area contributed by atoms with Gasteiger partial charge in [-0.1, -0.05) is 12.1 Å². The van der Waals surface area contributed by atoms with Crippen molar-refractivity contribution in [3.63, 3.8) is 0 Å². The lowest BCUT2D eigenvalue weighted by atomic mass is 9.88. The summed E-state index contributed by atoms with van der Waals surface area (Å²) >= 11 is 0. The van der Waals surface area contributed by atoms with Crippen molar-refractivity contribution in [2.75, 3.05) is 25.0 Å². The van der Waals surface area contributed by atoms with Crippen LogP contribution in [-0.4, -0.2) is 47.2 Å². The second-order valence-electron chi connectivity index (χ2n) is 8.58. The van der Waals surface area contributed by atoms with Crippen molar-refractivity contribution in [1.29, 1.82) is 0 Å². The Morgan fingerprint density at radius 1 is 1.09 bits per heavy atom. The van der Waals surface area contributed by atoms with Crippen LogP contribution >= 0.6 is 0 Å². The predicted octanol–water partition coefficient (Wildman–Crippen LogP) is 3.85. The van der Waals surface area contributed by atoms with Crippen LogP contribution in [0.1, 0.15) is 44.8 Å². The van der Waals surface area contributed by atoms with Gasteiger partial charge in [-0.05, 0) is 56.5 Å². The highest BCUT2D eigenvalue weighted by Gasteiger charge is 2.30. The van der Waals surface area contributed by atoms with Gasteiger partial charge in [0, 0.05) is 35.7 Å². The minimum atomic E-state index is -0.226. The van der Waals surface area contributed by atoms with Crippen LogP contribution in [-0.2, 0) is 4.79 Å². The molecule has 1 saturated heterocycles. The number of carbonyl (C=O) groups excluding carboxylic acids is 3. The number of piperidine rings is 1. The second kappa shape index (κ2) is 7.82. The van der Waals surface area contributed by atoms with E-state index < -0.39 is 0 Å². The zero-order valence-corrected chi connectivity index (χ0v) is 18.2. The normalized spacial score (nSPS) is 16.4. The molecule has 2 aromatic carbocycles. The topological polar surface area (TPSA) is 91.5 Å². The number of ether oxygens (including phenoxy) is 1. The third-order valence-corrected chi connectivity index (χ3v) is 6.62. The summed E-state index contributed by atoms with van der Waals surface area (Å²) in [4.78, 5) is 43.1.